The summed E-state index contributed by atoms with van der Waals surface area (Å²) in [7, 11) is 0. The zero-order chi connectivity index (χ0) is 17.6. The predicted molar refractivity (Wildman–Crippen MR) is 111 cm³/mol. The molecule has 0 atom stereocenters. The van der Waals surface area contributed by atoms with Gasteiger partial charge in [0.05, 0.1) is 5.56 Å². The van der Waals surface area contributed by atoms with Gasteiger partial charge >= 0.3 is 5.97 Å². The van der Waals surface area contributed by atoms with E-state index in [1.54, 1.807) is 12.1 Å². The average molecular weight is 370 g/mol. The Morgan fingerprint density at radius 2 is 1.65 bits per heavy atom. The smallest absolute Gasteiger partial charge is 0.335 e. The first-order valence-electron chi connectivity index (χ1n) is 8.74. The molecule has 0 aliphatic rings. The van der Waals surface area contributed by atoms with Crippen LogP contribution in [-0.4, -0.2) is 24.2 Å². The molecule has 0 aromatic heterocycles. The lowest BCUT2D eigenvalue weighted by Crippen LogP contribution is -2.24. The molecule has 0 amide bonds. The van der Waals surface area contributed by atoms with Crippen molar-refractivity contribution >= 4 is 34.8 Å². The van der Waals surface area contributed by atoms with Crippen molar-refractivity contribution in [1.29, 1.82) is 0 Å². The quantitative estimate of drug-likeness (QED) is 0.604. The number of halogens is 1. The van der Waals surface area contributed by atoms with E-state index in [-0.39, 0.29) is 12.4 Å². The Balaban J connectivity index is 0.00000243. The van der Waals surface area contributed by atoms with Crippen LogP contribution >= 0.6 is 12.4 Å². The molecule has 0 bridgehead atoms. The molecule has 3 rings (SSSR count). The minimum Gasteiger partial charge on any atom is -0.478 e. The molecule has 0 saturated heterocycles. The monoisotopic (exact) mass is 369 g/mol. The number of carboxylic acid groups (broad SMARTS) is 1. The van der Waals surface area contributed by atoms with E-state index in [0.717, 1.165) is 31.5 Å². The number of hydrogen-bond acceptors (Lipinski definition) is 2. The van der Waals surface area contributed by atoms with Gasteiger partial charge in [0.25, 0.3) is 0 Å². The van der Waals surface area contributed by atoms with Gasteiger partial charge in [0, 0.05) is 24.2 Å². The fraction of sp³-hybridized carbons (Fsp3) is 0.227. The topological polar surface area (TPSA) is 40.5 Å². The maximum atomic E-state index is 11.3. The highest BCUT2D eigenvalue weighted by Crippen LogP contribution is 2.27. The minimum absolute atomic E-state index is 0. The Labute approximate surface area is 160 Å². The van der Waals surface area contributed by atoms with E-state index in [0.29, 0.717) is 5.56 Å². The van der Waals surface area contributed by atoms with E-state index in [1.807, 2.05) is 12.1 Å². The Bertz CT molecular complexity index is 873. The van der Waals surface area contributed by atoms with Gasteiger partial charge in [0.15, 0.2) is 0 Å². The summed E-state index contributed by atoms with van der Waals surface area (Å²) in [5.41, 5.74) is 2.56. The van der Waals surface area contributed by atoms with Crippen molar-refractivity contribution in [3.8, 4) is 0 Å². The maximum absolute atomic E-state index is 11.3. The molecule has 0 heterocycles. The van der Waals surface area contributed by atoms with Crippen molar-refractivity contribution in [2.75, 3.05) is 18.0 Å². The van der Waals surface area contributed by atoms with Crippen LogP contribution in [0.3, 0.4) is 0 Å². The van der Waals surface area contributed by atoms with Crippen molar-refractivity contribution in [3.63, 3.8) is 0 Å². The molecule has 0 fully saturated rings. The number of fused-ring (bicyclic) bond motifs is 1. The van der Waals surface area contributed by atoms with Crippen LogP contribution < -0.4 is 4.90 Å². The first kappa shape index (κ1) is 19.8. The van der Waals surface area contributed by atoms with Gasteiger partial charge in [-0.25, -0.2) is 4.79 Å². The van der Waals surface area contributed by atoms with E-state index in [1.165, 1.54) is 16.5 Å². The SMILES string of the molecule is CCN(CCCc1ccccc1C(=O)O)c1cccc2ccccc12.Cl. The number of benzene rings is 3. The highest BCUT2D eigenvalue weighted by molar-refractivity contribution is 5.94. The summed E-state index contributed by atoms with van der Waals surface area (Å²) in [5, 5.41) is 11.8. The van der Waals surface area contributed by atoms with Gasteiger partial charge in [-0.15, -0.1) is 12.4 Å². The van der Waals surface area contributed by atoms with Crippen LogP contribution in [0.25, 0.3) is 10.8 Å². The zero-order valence-corrected chi connectivity index (χ0v) is 15.7. The molecule has 26 heavy (non-hydrogen) atoms. The van der Waals surface area contributed by atoms with E-state index in [9.17, 15) is 9.90 Å². The number of aryl methyl sites for hydroxylation is 1. The van der Waals surface area contributed by atoms with Gasteiger partial charge in [-0.05, 0) is 42.8 Å². The van der Waals surface area contributed by atoms with Crippen LogP contribution in [0.4, 0.5) is 5.69 Å². The number of aromatic carboxylic acids is 1. The van der Waals surface area contributed by atoms with E-state index in [2.05, 4.69) is 54.3 Å². The van der Waals surface area contributed by atoms with Crippen LogP contribution in [-0.2, 0) is 6.42 Å². The van der Waals surface area contributed by atoms with Gasteiger partial charge in [-0.2, -0.15) is 0 Å². The minimum atomic E-state index is -0.850. The van der Waals surface area contributed by atoms with Crippen LogP contribution in [0.5, 0.6) is 0 Å². The summed E-state index contributed by atoms with van der Waals surface area (Å²) in [4.78, 5) is 13.7. The van der Waals surface area contributed by atoms with E-state index >= 15 is 0 Å². The molecule has 0 unspecified atom stereocenters. The summed E-state index contributed by atoms with van der Waals surface area (Å²) in [6.45, 7) is 3.99. The Morgan fingerprint density at radius 3 is 2.42 bits per heavy atom. The zero-order valence-electron chi connectivity index (χ0n) is 14.9. The molecule has 0 saturated carbocycles. The second kappa shape index (κ2) is 9.25. The molecule has 3 nitrogen and oxygen atoms in total. The molecule has 0 aliphatic carbocycles. The van der Waals surface area contributed by atoms with Crippen molar-refractivity contribution < 1.29 is 9.90 Å². The molecule has 3 aromatic rings. The normalized spacial score (nSPS) is 10.3. The Morgan fingerprint density at radius 1 is 0.962 bits per heavy atom. The fourth-order valence-corrected chi connectivity index (χ4v) is 3.34. The van der Waals surface area contributed by atoms with Crippen molar-refractivity contribution in [2.45, 2.75) is 19.8 Å². The highest BCUT2D eigenvalue weighted by atomic mass is 35.5. The number of rotatable bonds is 7. The average Bonchev–Trinajstić information content (AvgIpc) is 2.65. The molecule has 1 N–H and O–H groups in total. The predicted octanol–water partition coefficient (Wildman–Crippen LogP) is 5.42. The summed E-state index contributed by atoms with van der Waals surface area (Å²) >= 11 is 0. The molecule has 0 radical (unpaired) electrons. The summed E-state index contributed by atoms with van der Waals surface area (Å²) < 4.78 is 0. The molecule has 0 spiro atoms. The lowest BCUT2D eigenvalue weighted by Gasteiger charge is -2.25. The third kappa shape index (κ3) is 4.36. The second-order valence-electron chi connectivity index (χ2n) is 6.14. The van der Waals surface area contributed by atoms with Crippen LogP contribution in [0.2, 0.25) is 0 Å². The number of anilines is 1. The standard InChI is InChI=1S/C22H23NO2.ClH/c1-2-23(21-15-7-11-17-9-3-5-13-19(17)21)16-8-12-18-10-4-6-14-20(18)22(24)25;/h3-7,9-11,13-15H,2,8,12,16H2,1H3,(H,24,25);1H. The second-order valence-corrected chi connectivity index (χ2v) is 6.14. The van der Waals surface area contributed by atoms with Gasteiger partial charge in [0.2, 0.25) is 0 Å². The van der Waals surface area contributed by atoms with E-state index in [4.69, 9.17) is 0 Å². The number of carbonyl (C=O) groups is 1. The number of nitrogens with zero attached hydrogens (tertiary/aromatic N) is 1. The fourth-order valence-electron chi connectivity index (χ4n) is 3.34. The van der Waals surface area contributed by atoms with Crippen LogP contribution in [0, 0.1) is 0 Å². The van der Waals surface area contributed by atoms with Crippen molar-refractivity contribution in [3.05, 3.63) is 77.9 Å². The maximum Gasteiger partial charge on any atom is 0.335 e. The van der Waals surface area contributed by atoms with Gasteiger partial charge < -0.3 is 10.0 Å². The molecule has 136 valence electrons. The number of hydrogen-bond donors (Lipinski definition) is 1. The third-order valence-electron chi connectivity index (χ3n) is 4.61. The van der Waals surface area contributed by atoms with Crippen LogP contribution in [0.15, 0.2) is 66.7 Å². The van der Waals surface area contributed by atoms with E-state index < -0.39 is 5.97 Å². The van der Waals surface area contributed by atoms with Gasteiger partial charge in [0.1, 0.15) is 0 Å². The first-order chi connectivity index (χ1) is 12.2. The molecule has 4 heteroatoms. The third-order valence-corrected chi connectivity index (χ3v) is 4.61. The van der Waals surface area contributed by atoms with Gasteiger partial charge in [-0.3, -0.25) is 0 Å². The first-order valence-corrected chi connectivity index (χ1v) is 8.74. The summed E-state index contributed by atoms with van der Waals surface area (Å²) in [6, 6.07) is 22.1. The summed E-state index contributed by atoms with van der Waals surface area (Å²) in [6.07, 6.45) is 1.69. The van der Waals surface area contributed by atoms with Crippen molar-refractivity contribution in [1.82, 2.24) is 0 Å². The molecular weight excluding hydrogens is 346 g/mol. The number of carboxylic acids is 1. The Hall–Kier alpha value is -2.52. The lowest BCUT2D eigenvalue weighted by atomic mass is 10.0. The molecule has 0 aliphatic heterocycles. The molecule has 3 aromatic carbocycles. The van der Waals surface area contributed by atoms with Crippen molar-refractivity contribution in [2.24, 2.45) is 0 Å². The highest BCUT2D eigenvalue weighted by Gasteiger charge is 2.11. The van der Waals surface area contributed by atoms with Crippen LogP contribution in [0.1, 0.15) is 29.3 Å². The summed E-state index contributed by atoms with van der Waals surface area (Å²) in [5.74, 6) is -0.850. The Kier molecular flexibility index (Phi) is 7.05. The molecular formula is C22H24ClNO2. The van der Waals surface area contributed by atoms with Gasteiger partial charge in [-0.1, -0.05) is 54.6 Å². The largest absolute Gasteiger partial charge is 0.478 e. The lowest BCUT2D eigenvalue weighted by molar-refractivity contribution is 0.0695.